The minimum Gasteiger partial charge on any atom is -0.340 e. The molecule has 0 amide bonds. The summed E-state index contributed by atoms with van der Waals surface area (Å²) < 4.78 is 7.14. The Balaban J connectivity index is 1.97. The molecule has 0 saturated heterocycles. The highest BCUT2D eigenvalue weighted by Crippen LogP contribution is 2.25. The molecule has 3 aromatic rings. The minimum atomic E-state index is -0.148. The van der Waals surface area contributed by atoms with Gasteiger partial charge in [-0.1, -0.05) is 11.2 Å². The highest BCUT2D eigenvalue weighted by atomic mass is 35.5. The molecule has 0 N–H and O–H groups in total. The molecule has 110 valence electrons. The summed E-state index contributed by atoms with van der Waals surface area (Å²) in [5, 5.41) is 3.78. The first-order chi connectivity index (χ1) is 10.0. The van der Waals surface area contributed by atoms with Gasteiger partial charge in [-0.05, 0) is 31.5 Å². The molecule has 5 nitrogen and oxygen atoms in total. The quantitative estimate of drug-likeness (QED) is 0.691. The second kappa shape index (κ2) is 5.48. The van der Waals surface area contributed by atoms with Gasteiger partial charge in [0.1, 0.15) is 5.82 Å². The Morgan fingerprint density at radius 2 is 2.10 bits per heavy atom. The molecule has 0 fully saturated rings. The second-order valence-electron chi connectivity index (χ2n) is 5.21. The lowest BCUT2D eigenvalue weighted by molar-refractivity contribution is 0.386. The Morgan fingerprint density at radius 1 is 1.29 bits per heavy atom. The van der Waals surface area contributed by atoms with Crippen molar-refractivity contribution >= 4 is 22.6 Å². The van der Waals surface area contributed by atoms with Gasteiger partial charge in [-0.3, -0.25) is 0 Å². The van der Waals surface area contributed by atoms with Crippen LogP contribution in [0.5, 0.6) is 0 Å². The van der Waals surface area contributed by atoms with Crippen LogP contribution in [0.1, 0.15) is 35.4 Å². The fraction of sp³-hybridized carbons (Fsp3) is 0.400. The average molecular weight is 305 g/mol. The number of halogens is 1. The fourth-order valence-corrected chi connectivity index (χ4v) is 2.62. The molecule has 1 atom stereocenters. The molecule has 0 aliphatic heterocycles. The van der Waals surface area contributed by atoms with Crippen molar-refractivity contribution in [1.29, 1.82) is 0 Å². The lowest BCUT2D eigenvalue weighted by Gasteiger charge is -2.09. The predicted octanol–water partition coefficient (Wildman–Crippen LogP) is 3.58. The number of fused-ring (bicyclic) bond motifs is 1. The summed E-state index contributed by atoms with van der Waals surface area (Å²) in [6.07, 6.45) is 0.688. The topological polar surface area (TPSA) is 56.7 Å². The number of rotatable bonds is 4. The van der Waals surface area contributed by atoms with Crippen molar-refractivity contribution in [2.75, 3.05) is 0 Å². The maximum atomic E-state index is 6.27. The van der Waals surface area contributed by atoms with Crippen LogP contribution in [0.2, 0.25) is 0 Å². The number of nitrogens with zero attached hydrogens (tertiary/aromatic N) is 4. The second-order valence-corrected chi connectivity index (χ2v) is 5.86. The van der Waals surface area contributed by atoms with E-state index in [2.05, 4.69) is 44.8 Å². The van der Waals surface area contributed by atoms with Crippen molar-refractivity contribution in [2.24, 2.45) is 0 Å². The maximum absolute atomic E-state index is 6.27. The lowest BCUT2D eigenvalue weighted by atomic mass is 10.2. The number of hydrogen-bond acceptors (Lipinski definition) is 4. The van der Waals surface area contributed by atoms with Gasteiger partial charge in [-0.15, -0.1) is 11.6 Å². The zero-order valence-electron chi connectivity index (χ0n) is 12.3. The molecule has 1 unspecified atom stereocenters. The van der Waals surface area contributed by atoms with Crippen LogP contribution in [0.4, 0.5) is 0 Å². The smallest absolute Gasteiger partial charge is 0.223 e. The number of benzene rings is 1. The van der Waals surface area contributed by atoms with Gasteiger partial charge in [0.2, 0.25) is 5.89 Å². The molecule has 0 bridgehead atoms. The van der Waals surface area contributed by atoms with E-state index >= 15 is 0 Å². The van der Waals surface area contributed by atoms with E-state index in [-0.39, 0.29) is 5.38 Å². The van der Waals surface area contributed by atoms with Crippen LogP contribution in [0.15, 0.2) is 22.7 Å². The van der Waals surface area contributed by atoms with Crippen LogP contribution in [0, 0.1) is 13.8 Å². The fourth-order valence-electron chi connectivity index (χ4n) is 2.45. The van der Waals surface area contributed by atoms with Gasteiger partial charge < -0.3 is 9.09 Å². The lowest BCUT2D eigenvalue weighted by Crippen LogP contribution is -2.07. The van der Waals surface area contributed by atoms with E-state index in [4.69, 9.17) is 16.1 Å². The zero-order valence-corrected chi connectivity index (χ0v) is 13.1. The number of hydrogen-bond donors (Lipinski definition) is 0. The predicted molar refractivity (Wildman–Crippen MR) is 81.5 cm³/mol. The molecule has 2 heterocycles. The van der Waals surface area contributed by atoms with Crippen LogP contribution >= 0.6 is 11.6 Å². The molecule has 0 saturated carbocycles. The van der Waals surface area contributed by atoms with Crippen molar-refractivity contribution in [3.8, 4) is 0 Å². The highest BCUT2D eigenvalue weighted by Gasteiger charge is 2.15. The number of imidazole rings is 1. The van der Waals surface area contributed by atoms with E-state index in [9.17, 15) is 0 Å². The molecule has 0 radical (unpaired) electrons. The third-order valence-electron chi connectivity index (χ3n) is 3.42. The van der Waals surface area contributed by atoms with Crippen LogP contribution in [0.25, 0.3) is 11.0 Å². The van der Waals surface area contributed by atoms with Crippen molar-refractivity contribution in [1.82, 2.24) is 19.7 Å². The van der Waals surface area contributed by atoms with Crippen molar-refractivity contribution in [3.05, 3.63) is 41.3 Å². The van der Waals surface area contributed by atoms with Gasteiger partial charge in [-0.25, -0.2) is 4.98 Å². The zero-order chi connectivity index (χ0) is 15.0. The summed E-state index contributed by atoms with van der Waals surface area (Å²) >= 11 is 6.27. The standard InChI is InChI=1S/C15H17ClN4O/c1-9-4-5-13-12(8-9)18-15(10(2)16)20(13)7-6-14-17-11(3)21-19-14/h4-5,8,10H,6-7H2,1-3H3. The number of aromatic nitrogens is 4. The third-order valence-corrected chi connectivity index (χ3v) is 3.61. The maximum Gasteiger partial charge on any atom is 0.223 e. The first kappa shape index (κ1) is 14.1. The monoisotopic (exact) mass is 304 g/mol. The molecular weight excluding hydrogens is 288 g/mol. The normalized spacial score (nSPS) is 13.0. The Bertz CT molecular complexity index is 775. The molecule has 2 aromatic heterocycles. The summed E-state index contributed by atoms with van der Waals surface area (Å²) in [7, 11) is 0. The van der Waals surface area contributed by atoms with E-state index < -0.39 is 0 Å². The number of aryl methyl sites for hydroxylation is 4. The Morgan fingerprint density at radius 3 is 2.76 bits per heavy atom. The van der Waals surface area contributed by atoms with Crippen LogP contribution in [-0.4, -0.2) is 19.7 Å². The molecule has 3 rings (SSSR count). The molecule has 6 heteroatoms. The highest BCUT2D eigenvalue weighted by molar-refractivity contribution is 6.20. The van der Waals surface area contributed by atoms with Crippen molar-refractivity contribution in [3.63, 3.8) is 0 Å². The largest absolute Gasteiger partial charge is 0.340 e. The molecule has 0 aliphatic carbocycles. The van der Waals surface area contributed by atoms with Gasteiger partial charge in [0, 0.05) is 19.9 Å². The van der Waals surface area contributed by atoms with E-state index in [1.807, 2.05) is 6.92 Å². The Hall–Kier alpha value is -1.88. The first-order valence-corrected chi connectivity index (χ1v) is 7.38. The van der Waals surface area contributed by atoms with Gasteiger partial charge in [0.25, 0.3) is 0 Å². The minimum absolute atomic E-state index is 0.148. The van der Waals surface area contributed by atoms with E-state index in [0.29, 0.717) is 18.1 Å². The van der Waals surface area contributed by atoms with E-state index in [0.717, 1.165) is 23.4 Å². The Labute approximate surface area is 127 Å². The molecule has 0 aliphatic rings. The SMILES string of the molecule is Cc1ccc2c(c1)nc(C(C)Cl)n2CCc1noc(C)n1. The van der Waals surface area contributed by atoms with Gasteiger partial charge in [0.05, 0.1) is 16.4 Å². The first-order valence-electron chi connectivity index (χ1n) is 6.94. The van der Waals surface area contributed by atoms with Crippen molar-refractivity contribution in [2.45, 2.75) is 39.1 Å². The molecule has 1 aromatic carbocycles. The van der Waals surface area contributed by atoms with Gasteiger partial charge in [0.15, 0.2) is 5.82 Å². The summed E-state index contributed by atoms with van der Waals surface area (Å²) in [4.78, 5) is 8.89. The van der Waals surface area contributed by atoms with E-state index in [1.165, 1.54) is 5.56 Å². The van der Waals surface area contributed by atoms with Crippen LogP contribution in [-0.2, 0) is 13.0 Å². The van der Waals surface area contributed by atoms with E-state index in [1.54, 1.807) is 6.92 Å². The summed E-state index contributed by atoms with van der Waals surface area (Å²) in [5.41, 5.74) is 3.25. The summed E-state index contributed by atoms with van der Waals surface area (Å²) in [6, 6.07) is 6.25. The molecule has 21 heavy (non-hydrogen) atoms. The molecule has 0 spiro atoms. The molecular formula is C15H17ClN4O. The van der Waals surface area contributed by atoms with Crippen molar-refractivity contribution < 1.29 is 4.52 Å². The Kier molecular flexibility index (Phi) is 3.68. The van der Waals surface area contributed by atoms with Gasteiger partial charge >= 0.3 is 0 Å². The van der Waals surface area contributed by atoms with Crippen LogP contribution in [0.3, 0.4) is 0 Å². The van der Waals surface area contributed by atoms with Gasteiger partial charge in [-0.2, -0.15) is 4.98 Å². The summed E-state index contributed by atoms with van der Waals surface area (Å²) in [6.45, 7) is 6.51. The third kappa shape index (κ3) is 2.78. The average Bonchev–Trinajstić information content (AvgIpc) is 2.99. The van der Waals surface area contributed by atoms with Crippen LogP contribution < -0.4 is 0 Å². The summed E-state index contributed by atoms with van der Waals surface area (Å²) in [5.74, 6) is 2.16. The number of alkyl halides is 1.